The summed E-state index contributed by atoms with van der Waals surface area (Å²) in [7, 11) is 1.41. The van der Waals surface area contributed by atoms with Crippen LogP contribution in [0.25, 0.3) is 11.3 Å². The first-order valence-electron chi connectivity index (χ1n) is 6.65. The molecule has 1 aromatic heterocycles. The van der Waals surface area contributed by atoms with Gasteiger partial charge >= 0.3 is 5.97 Å². The number of aromatic nitrogens is 2. The number of carbonyl (C=O) groups is 1. The Morgan fingerprint density at radius 3 is 2.50 bits per heavy atom. The smallest absolute Gasteiger partial charge is 0.319 e. The molecule has 0 amide bonds. The van der Waals surface area contributed by atoms with E-state index in [1.807, 2.05) is 37.3 Å². The van der Waals surface area contributed by atoms with Gasteiger partial charge in [-0.15, -0.1) is 0 Å². The fourth-order valence-corrected chi connectivity index (χ4v) is 2.31. The topological polar surface area (TPSA) is 52.1 Å². The minimum absolute atomic E-state index is 0.237. The molecule has 1 aliphatic rings. The molecule has 4 heteroatoms. The second-order valence-corrected chi connectivity index (χ2v) is 5.21. The Morgan fingerprint density at radius 1 is 1.20 bits per heavy atom. The average Bonchev–Trinajstić information content (AvgIpc) is 3.29. The van der Waals surface area contributed by atoms with Crippen LogP contribution in [-0.2, 0) is 14.9 Å². The summed E-state index contributed by atoms with van der Waals surface area (Å²) in [5.41, 5.74) is 2.46. The molecular formula is C16H16N2O2. The molecule has 0 unspecified atom stereocenters. The van der Waals surface area contributed by atoms with Gasteiger partial charge < -0.3 is 4.74 Å². The molecule has 0 N–H and O–H groups in total. The number of nitrogens with zero attached hydrogens (tertiary/aromatic N) is 2. The van der Waals surface area contributed by atoms with E-state index < -0.39 is 5.41 Å². The number of hydrogen-bond donors (Lipinski definition) is 0. The number of methoxy groups -OCH3 is 1. The highest BCUT2D eigenvalue weighted by atomic mass is 16.5. The quantitative estimate of drug-likeness (QED) is 0.803. The number of esters is 1. The number of hydrogen-bond acceptors (Lipinski definition) is 4. The standard InChI is InChI=1S/C16H16N2O2/c1-11-3-5-12(6-4-11)13-7-10-17-14(18-13)16(8-9-16)15(19)20-2/h3-7,10H,8-9H2,1-2H3. The maximum atomic E-state index is 11.9. The van der Waals surface area contributed by atoms with Gasteiger partial charge in [0, 0.05) is 11.8 Å². The highest BCUT2D eigenvalue weighted by Gasteiger charge is 2.55. The number of aryl methyl sites for hydroxylation is 1. The van der Waals surface area contributed by atoms with Crippen LogP contribution in [0, 0.1) is 6.92 Å². The lowest BCUT2D eigenvalue weighted by molar-refractivity contribution is -0.143. The third-order valence-corrected chi connectivity index (χ3v) is 3.76. The molecule has 20 heavy (non-hydrogen) atoms. The van der Waals surface area contributed by atoms with E-state index in [0.717, 1.165) is 24.1 Å². The van der Waals surface area contributed by atoms with Crippen molar-refractivity contribution in [1.29, 1.82) is 0 Å². The van der Waals surface area contributed by atoms with Crippen LogP contribution in [0.3, 0.4) is 0 Å². The Bertz CT molecular complexity index is 646. The van der Waals surface area contributed by atoms with E-state index in [1.54, 1.807) is 6.20 Å². The molecule has 2 aromatic rings. The first kappa shape index (κ1) is 12.8. The Balaban J connectivity index is 1.98. The third-order valence-electron chi connectivity index (χ3n) is 3.76. The molecule has 0 saturated heterocycles. The van der Waals surface area contributed by atoms with Gasteiger partial charge in [-0.2, -0.15) is 0 Å². The summed E-state index contributed by atoms with van der Waals surface area (Å²) in [5, 5.41) is 0. The fraction of sp³-hybridized carbons (Fsp3) is 0.312. The zero-order chi connectivity index (χ0) is 14.2. The lowest BCUT2D eigenvalue weighted by atomic mass is 10.1. The second-order valence-electron chi connectivity index (χ2n) is 5.21. The van der Waals surface area contributed by atoms with E-state index in [2.05, 4.69) is 9.97 Å². The van der Waals surface area contributed by atoms with Crippen molar-refractivity contribution in [3.63, 3.8) is 0 Å². The van der Waals surface area contributed by atoms with Gasteiger partial charge in [0.15, 0.2) is 0 Å². The summed E-state index contributed by atoms with van der Waals surface area (Å²) in [6, 6.07) is 10.0. The summed E-state index contributed by atoms with van der Waals surface area (Å²) in [4.78, 5) is 20.7. The zero-order valence-corrected chi connectivity index (χ0v) is 11.6. The van der Waals surface area contributed by atoms with E-state index in [1.165, 1.54) is 12.7 Å². The molecule has 1 aromatic carbocycles. The monoisotopic (exact) mass is 268 g/mol. The predicted octanol–water partition coefficient (Wildman–Crippen LogP) is 2.66. The van der Waals surface area contributed by atoms with Crippen LogP contribution in [0.15, 0.2) is 36.5 Å². The SMILES string of the molecule is COC(=O)C1(c2nccc(-c3ccc(C)cc3)n2)CC1. The molecule has 1 heterocycles. The first-order valence-corrected chi connectivity index (χ1v) is 6.65. The van der Waals surface area contributed by atoms with E-state index in [9.17, 15) is 4.79 Å². The summed E-state index contributed by atoms with van der Waals surface area (Å²) >= 11 is 0. The number of rotatable bonds is 3. The van der Waals surface area contributed by atoms with Crippen molar-refractivity contribution in [3.8, 4) is 11.3 Å². The molecule has 0 spiro atoms. The highest BCUT2D eigenvalue weighted by molar-refractivity contribution is 5.85. The van der Waals surface area contributed by atoms with Crippen molar-refractivity contribution in [1.82, 2.24) is 9.97 Å². The normalized spacial score (nSPS) is 15.7. The van der Waals surface area contributed by atoms with Crippen molar-refractivity contribution in [2.75, 3.05) is 7.11 Å². The van der Waals surface area contributed by atoms with Crippen LogP contribution in [0.5, 0.6) is 0 Å². The number of benzene rings is 1. The van der Waals surface area contributed by atoms with E-state index >= 15 is 0 Å². The molecule has 0 bridgehead atoms. The Kier molecular flexibility index (Phi) is 3.01. The predicted molar refractivity (Wildman–Crippen MR) is 75.1 cm³/mol. The van der Waals surface area contributed by atoms with Gasteiger partial charge in [0.1, 0.15) is 11.2 Å². The van der Waals surface area contributed by atoms with Gasteiger partial charge in [-0.3, -0.25) is 4.79 Å². The molecule has 3 rings (SSSR count). The van der Waals surface area contributed by atoms with E-state index in [0.29, 0.717) is 5.82 Å². The summed E-state index contributed by atoms with van der Waals surface area (Å²) in [5.74, 6) is 0.334. The zero-order valence-electron chi connectivity index (χ0n) is 11.6. The Morgan fingerprint density at radius 2 is 1.90 bits per heavy atom. The maximum Gasteiger partial charge on any atom is 0.319 e. The molecule has 4 nitrogen and oxygen atoms in total. The van der Waals surface area contributed by atoms with Crippen LogP contribution < -0.4 is 0 Å². The lowest BCUT2D eigenvalue weighted by Crippen LogP contribution is -2.24. The van der Waals surface area contributed by atoms with Gasteiger partial charge in [0.05, 0.1) is 12.8 Å². The van der Waals surface area contributed by atoms with Crippen LogP contribution >= 0.6 is 0 Å². The largest absolute Gasteiger partial charge is 0.468 e. The molecule has 0 atom stereocenters. The summed E-state index contributed by atoms with van der Waals surface area (Å²) in [6.07, 6.45) is 3.23. The molecule has 0 radical (unpaired) electrons. The highest BCUT2D eigenvalue weighted by Crippen LogP contribution is 2.47. The van der Waals surface area contributed by atoms with Crippen molar-refractivity contribution >= 4 is 5.97 Å². The lowest BCUT2D eigenvalue weighted by Gasteiger charge is -2.12. The van der Waals surface area contributed by atoms with Crippen LogP contribution in [0.1, 0.15) is 24.2 Å². The van der Waals surface area contributed by atoms with Gasteiger partial charge in [-0.05, 0) is 25.8 Å². The van der Waals surface area contributed by atoms with Crippen molar-refractivity contribution in [3.05, 3.63) is 47.9 Å². The molecule has 1 fully saturated rings. The van der Waals surface area contributed by atoms with Gasteiger partial charge in [-0.25, -0.2) is 9.97 Å². The number of ether oxygens (including phenoxy) is 1. The Labute approximate surface area is 117 Å². The van der Waals surface area contributed by atoms with Crippen molar-refractivity contribution in [2.24, 2.45) is 0 Å². The van der Waals surface area contributed by atoms with E-state index in [4.69, 9.17) is 4.74 Å². The molecule has 1 saturated carbocycles. The average molecular weight is 268 g/mol. The first-order chi connectivity index (χ1) is 9.65. The van der Waals surface area contributed by atoms with Crippen molar-refractivity contribution in [2.45, 2.75) is 25.2 Å². The third kappa shape index (κ3) is 2.07. The maximum absolute atomic E-state index is 11.9. The number of carbonyl (C=O) groups excluding carboxylic acids is 1. The van der Waals surface area contributed by atoms with Crippen LogP contribution in [-0.4, -0.2) is 23.0 Å². The van der Waals surface area contributed by atoms with Crippen LogP contribution in [0.2, 0.25) is 0 Å². The van der Waals surface area contributed by atoms with E-state index in [-0.39, 0.29) is 5.97 Å². The molecule has 1 aliphatic carbocycles. The summed E-state index contributed by atoms with van der Waals surface area (Å²) < 4.78 is 4.87. The molecule has 0 aliphatic heterocycles. The van der Waals surface area contributed by atoms with Gasteiger partial charge in [0.2, 0.25) is 0 Å². The van der Waals surface area contributed by atoms with Crippen molar-refractivity contribution < 1.29 is 9.53 Å². The van der Waals surface area contributed by atoms with Crippen LogP contribution in [0.4, 0.5) is 0 Å². The minimum atomic E-state index is -0.616. The summed E-state index contributed by atoms with van der Waals surface area (Å²) in [6.45, 7) is 2.05. The second kappa shape index (κ2) is 4.71. The Hall–Kier alpha value is -2.23. The van der Waals surface area contributed by atoms with Gasteiger partial charge in [-0.1, -0.05) is 29.8 Å². The molecular weight excluding hydrogens is 252 g/mol. The molecule has 102 valence electrons. The fourth-order valence-electron chi connectivity index (χ4n) is 2.31. The van der Waals surface area contributed by atoms with Gasteiger partial charge in [0.25, 0.3) is 0 Å². The minimum Gasteiger partial charge on any atom is -0.468 e.